The van der Waals surface area contributed by atoms with Crippen LogP contribution in [-0.2, 0) is 4.79 Å². The maximum Gasteiger partial charge on any atom is 0.203 e. The standard InChI is InChI=1S/C16H34N3O/c1-4-7-8-12(17)9-10-13(15(18)5-2)14(11-20)16(19)6-3/h12-16H,4-10,17-19H2,1-3H3. The summed E-state index contributed by atoms with van der Waals surface area (Å²) in [4.78, 5) is 11.3. The van der Waals surface area contributed by atoms with Crippen molar-refractivity contribution in [3.8, 4) is 0 Å². The van der Waals surface area contributed by atoms with Gasteiger partial charge in [0.25, 0.3) is 0 Å². The van der Waals surface area contributed by atoms with Gasteiger partial charge in [0.05, 0.1) is 0 Å². The lowest BCUT2D eigenvalue weighted by Crippen LogP contribution is -2.44. The predicted molar refractivity (Wildman–Crippen MR) is 85.9 cm³/mol. The molecule has 0 fully saturated rings. The lowest BCUT2D eigenvalue weighted by atomic mass is 9.77. The third kappa shape index (κ3) is 6.82. The summed E-state index contributed by atoms with van der Waals surface area (Å²) in [5, 5.41) is 0. The van der Waals surface area contributed by atoms with Crippen molar-refractivity contribution in [2.75, 3.05) is 0 Å². The average molecular weight is 284 g/mol. The molecule has 20 heavy (non-hydrogen) atoms. The minimum Gasteiger partial charge on any atom is -0.328 e. The highest BCUT2D eigenvalue weighted by molar-refractivity contribution is 5.56. The molecule has 6 N–H and O–H groups in total. The Labute approximate surface area is 124 Å². The summed E-state index contributed by atoms with van der Waals surface area (Å²) in [6.45, 7) is 6.21. The van der Waals surface area contributed by atoms with Gasteiger partial charge in [-0.3, -0.25) is 4.79 Å². The summed E-state index contributed by atoms with van der Waals surface area (Å²) in [6.07, 6.45) is 8.90. The third-order valence-corrected chi connectivity index (χ3v) is 4.35. The van der Waals surface area contributed by atoms with E-state index in [1.54, 1.807) is 0 Å². The van der Waals surface area contributed by atoms with E-state index < -0.39 is 0 Å². The minimum absolute atomic E-state index is 0.00238. The molecule has 0 aliphatic carbocycles. The maximum absolute atomic E-state index is 11.3. The molecule has 4 nitrogen and oxygen atoms in total. The van der Waals surface area contributed by atoms with Gasteiger partial charge in [-0.25, -0.2) is 0 Å². The highest BCUT2D eigenvalue weighted by Gasteiger charge is 2.30. The Hall–Kier alpha value is -0.450. The molecule has 0 saturated heterocycles. The lowest BCUT2D eigenvalue weighted by Gasteiger charge is -2.31. The smallest absolute Gasteiger partial charge is 0.203 e. The summed E-state index contributed by atoms with van der Waals surface area (Å²) >= 11 is 0. The van der Waals surface area contributed by atoms with Crippen LogP contribution in [0.25, 0.3) is 0 Å². The van der Waals surface area contributed by atoms with E-state index in [4.69, 9.17) is 17.2 Å². The van der Waals surface area contributed by atoms with Crippen molar-refractivity contribution in [1.82, 2.24) is 0 Å². The van der Waals surface area contributed by atoms with Gasteiger partial charge in [0, 0.05) is 24.0 Å². The largest absolute Gasteiger partial charge is 0.328 e. The summed E-state index contributed by atoms with van der Waals surface area (Å²) in [6, 6.07) is 0.0473. The van der Waals surface area contributed by atoms with E-state index in [-0.39, 0.29) is 30.0 Å². The molecule has 0 aromatic rings. The molecule has 5 atom stereocenters. The van der Waals surface area contributed by atoms with Gasteiger partial charge in [0.2, 0.25) is 6.29 Å². The number of hydrogen-bond acceptors (Lipinski definition) is 4. The quantitative estimate of drug-likeness (QED) is 0.511. The summed E-state index contributed by atoms with van der Waals surface area (Å²) in [7, 11) is 0. The van der Waals surface area contributed by atoms with Crippen molar-refractivity contribution in [2.24, 2.45) is 29.0 Å². The molecule has 0 spiro atoms. The normalized spacial score (nSPS) is 19.1. The first kappa shape index (κ1) is 19.6. The van der Waals surface area contributed by atoms with Crippen molar-refractivity contribution in [2.45, 2.75) is 83.8 Å². The molecule has 0 bridgehead atoms. The molecule has 0 saturated carbocycles. The second kappa shape index (κ2) is 11.2. The van der Waals surface area contributed by atoms with Crippen LogP contribution in [0.5, 0.6) is 0 Å². The number of nitrogens with two attached hydrogens (primary N) is 3. The van der Waals surface area contributed by atoms with Crippen LogP contribution < -0.4 is 17.2 Å². The van der Waals surface area contributed by atoms with Gasteiger partial charge >= 0.3 is 0 Å². The van der Waals surface area contributed by atoms with Gasteiger partial charge in [-0.1, -0.05) is 33.6 Å². The Morgan fingerprint density at radius 2 is 1.50 bits per heavy atom. The monoisotopic (exact) mass is 284 g/mol. The molecule has 1 radical (unpaired) electrons. The van der Waals surface area contributed by atoms with Crippen LogP contribution >= 0.6 is 0 Å². The lowest BCUT2D eigenvalue weighted by molar-refractivity contribution is 0.259. The zero-order valence-corrected chi connectivity index (χ0v) is 13.5. The van der Waals surface area contributed by atoms with E-state index in [1.165, 1.54) is 0 Å². The van der Waals surface area contributed by atoms with Gasteiger partial charge in [0.1, 0.15) is 0 Å². The minimum atomic E-state index is -0.270. The fourth-order valence-corrected chi connectivity index (χ4v) is 2.73. The van der Waals surface area contributed by atoms with Crippen LogP contribution in [0.4, 0.5) is 0 Å². The Balaban J connectivity index is 4.59. The fraction of sp³-hybridized carbons (Fsp3) is 0.938. The third-order valence-electron chi connectivity index (χ3n) is 4.35. The van der Waals surface area contributed by atoms with Crippen LogP contribution in [0, 0.1) is 11.8 Å². The van der Waals surface area contributed by atoms with Crippen molar-refractivity contribution >= 4 is 6.29 Å². The number of unbranched alkanes of at least 4 members (excludes halogenated alkanes) is 1. The molecule has 0 rings (SSSR count). The number of rotatable bonds is 12. The molecule has 0 aliphatic heterocycles. The number of hydrogen-bond donors (Lipinski definition) is 3. The summed E-state index contributed by atoms with van der Waals surface area (Å²) < 4.78 is 0. The second-order valence-electron chi connectivity index (χ2n) is 5.93. The molecular formula is C16H34N3O. The SMILES string of the molecule is CCCCC(N)CCC(C(N)CC)C([C]=O)C(N)CC. The van der Waals surface area contributed by atoms with Crippen molar-refractivity contribution in [3.63, 3.8) is 0 Å². The molecule has 0 aromatic carbocycles. The van der Waals surface area contributed by atoms with Gasteiger partial charge in [0.15, 0.2) is 0 Å². The van der Waals surface area contributed by atoms with Gasteiger partial charge in [-0.15, -0.1) is 0 Å². The van der Waals surface area contributed by atoms with Crippen molar-refractivity contribution < 1.29 is 4.79 Å². The molecule has 119 valence electrons. The summed E-state index contributed by atoms with van der Waals surface area (Å²) in [5.41, 5.74) is 18.4. The van der Waals surface area contributed by atoms with Gasteiger partial charge in [-0.2, -0.15) is 0 Å². The molecule has 0 aromatic heterocycles. The maximum atomic E-state index is 11.3. The van der Waals surface area contributed by atoms with Crippen LogP contribution in [0.1, 0.15) is 65.7 Å². The highest BCUT2D eigenvalue weighted by atomic mass is 16.1. The average Bonchev–Trinajstić information content (AvgIpc) is 2.47. The van der Waals surface area contributed by atoms with Crippen molar-refractivity contribution in [3.05, 3.63) is 0 Å². The van der Waals surface area contributed by atoms with Crippen LogP contribution in [0.2, 0.25) is 0 Å². The highest BCUT2D eigenvalue weighted by Crippen LogP contribution is 2.25. The van der Waals surface area contributed by atoms with E-state index in [9.17, 15) is 4.79 Å². The van der Waals surface area contributed by atoms with E-state index >= 15 is 0 Å². The molecule has 0 amide bonds. The Bertz CT molecular complexity index is 248. The van der Waals surface area contributed by atoms with Gasteiger partial charge < -0.3 is 17.2 Å². The Morgan fingerprint density at radius 3 is 1.95 bits per heavy atom. The van der Waals surface area contributed by atoms with E-state index in [2.05, 4.69) is 13.2 Å². The molecule has 4 heteroatoms. The van der Waals surface area contributed by atoms with Crippen LogP contribution in [0.3, 0.4) is 0 Å². The zero-order valence-electron chi connectivity index (χ0n) is 13.5. The fourth-order valence-electron chi connectivity index (χ4n) is 2.73. The van der Waals surface area contributed by atoms with E-state index in [0.717, 1.165) is 44.9 Å². The van der Waals surface area contributed by atoms with Crippen LogP contribution in [0.15, 0.2) is 0 Å². The molecule has 0 aliphatic rings. The van der Waals surface area contributed by atoms with Crippen LogP contribution in [-0.4, -0.2) is 24.4 Å². The van der Waals surface area contributed by atoms with Crippen molar-refractivity contribution in [1.29, 1.82) is 0 Å². The first-order chi connectivity index (χ1) is 9.51. The predicted octanol–water partition coefficient (Wildman–Crippen LogP) is 2.10. The molecule has 0 heterocycles. The first-order valence-electron chi connectivity index (χ1n) is 8.16. The summed E-state index contributed by atoms with van der Waals surface area (Å²) in [5.74, 6) is -0.173. The second-order valence-corrected chi connectivity index (χ2v) is 5.93. The van der Waals surface area contributed by atoms with E-state index in [1.807, 2.05) is 13.8 Å². The van der Waals surface area contributed by atoms with E-state index in [0.29, 0.717) is 0 Å². The topological polar surface area (TPSA) is 95.1 Å². The molecular weight excluding hydrogens is 250 g/mol. The Morgan fingerprint density at radius 1 is 0.900 bits per heavy atom. The number of carbonyl (C=O) groups excluding carboxylic acids is 1. The zero-order chi connectivity index (χ0) is 15.5. The Kier molecular flexibility index (Phi) is 11.0. The first-order valence-corrected chi connectivity index (χ1v) is 8.16. The van der Waals surface area contributed by atoms with Gasteiger partial charge in [-0.05, 0) is 38.0 Å². The molecule has 5 unspecified atom stereocenters.